The quantitative estimate of drug-likeness (QED) is 0.673. The number of likely N-dealkylation sites (tertiary alicyclic amines) is 1. The van der Waals surface area contributed by atoms with Crippen LogP contribution in [0.15, 0.2) is 0 Å². The van der Waals surface area contributed by atoms with E-state index in [1.54, 1.807) is 0 Å². The molecule has 0 amide bonds. The second kappa shape index (κ2) is 8.13. The van der Waals surface area contributed by atoms with Crippen molar-refractivity contribution in [3.63, 3.8) is 0 Å². The zero-order valence-electron chi connectivity index (χ0n) is 12.0. The van der Waals surface area contributed by atoms with Crippen molar-refractivity contribution in [1.29, 1.82) is 0 Å². The van der Waals surface area contributed by atoms with E-state index in [9.17, 15) is 0 Å². The summed E-state index contributed by atoms with van der Waals surface area (Å²) in [6.07, 6.45) is 8.06. The Kier molecular flexibility index (Phi) is 6.46. The summed E-state index contributed by atoms with van der Waals surface area (Å²) in [5, 5.41) is 3.67. The fourth-order valence-corrected chi connectivity index (χ4v) is 2.77. The van der Waals surface area contributed by atoms with Crippen LogP contribution in [0.2, 0.25) is 0 Å². The first-order valence-electron chi connectivity index (χ1n) is 7.92. The lowest BCUT2D eigenvalue weighted by Gasteiger charge is -2.19. The van der Waals surface area contributed by atoms with Crippen molar-refractivity contribution in [2.24, 2.45) is 5.92 Å². The minimum atomic E-state index is 0.719. The molecule has 2 rings (SSSR count). The van der Waals surface area contributed by atoms with Gasteiger partial charge in [-0.1, -0.05) is 6.92 Å². The highest BCUT2D eigenvalue weighted by atomic mass is 16.5. The van der Waals surface area contributed by atoms with Crippen molar-refractivity contribution >= 4 is 0 Å². The maximum absolute atomic E-state index is 5.67. The van der Waals surface area contributed by atoms with E-state index in [0.717, 1.165) is 31.7 Å². The molecule has 0 aromatic heterocycles. The molecule has 0 spiro atoms. The zero-order valence-corrected chi connectivity index (χ0v) is 12.0. The Morgan fingerprint density at radius 2 is 2.06 bits per heavy atom. The zero-order chi connectivity index (χ0) is 12.6. The van der Waals surface area contributed by atoms with Gasteiger partial charge >= 0.3 is 0 Å². The number of hydrogen-bond donors (Lipinski definition) is 1. The van der Waals surface area contributed by atoms with Crippen LogP contribution in [0, 0.1) is 5.92 Å². The summed E-state index contributed by atoms with van der Waals surface area (Å²) in [6.45, 7) is 9.04. The predicted octanol–water partition coefficient (Wildman–Crippen LogP) is 2.27. The summed E-state index contributed by atoms with van der Waals surface area (Å²) >= 11 is 0. The van der Waals surface area contributed by atoms with Gasteiger partial charge in [0.05, 0.1) is 6.61 Å². The minimum Gasteiger partial charge on any atom is -0.380 e. The molecule has 0 bridgehead atoms. The Morgan fingerprint density at radius 1 is 1.17 bits per heavy atom. The van der Waals surface area contributed by atoms with Gasteiger partial charge in [0, 0.05) is 19.2 Å². The van der Waals surface area contributed by atoms with E-state index in [1.807, 2.05) is 0 Å². The van der Waals surface area contributed by atoms with Crippen LogP contribution in [0.4, 0.5) is 0 Å². The molecule has 1 aliphatic carbocycles. The Hall–Kier alpha value is -0.120. The van der Waals surface area contributed by atoms with Gasteiger partial charge in [-0.15, -0.1) is 0 Å². The molecule has 0 radical (unpaired) electrons. The molecule has 1 heterocycles. The fourth-order valence-electron chi connectivity index (χ4n) is 2.77. The monoisotopic (exact) mass is 254 g/mol. The topological polar surface area (TPSA) is 24.5 Å². The highest BCUT2D eigenvalue weighted by molar-refractivity contribution is 4.75. The second-order valence-electron chi connectivity index (χ2n) is 5.94. The van der Waals surface area contributed by atoms with Gasteiger partial charge in [-0.3, -0.25) is 0 Å². The van der Waals surface area contributed by atoms with E-state index in [1.165, 1.54) is 58.2 Å². The minimum absolute atomic E-state index is 0.719. The molecule has 2 aliphatic rings. The highest BCUT2D eigenvalue weighted by Gasteiger charge is 2.21. The maximum Gasteiger partial charge on any atom is 0.0591 e. The summed E-state index contributed by atoms with van der Waals surface area (Å²) in [5.74, 6) is 0.894. The van der Waals surface area contributed by atoms with Crippen LogP contribution in [-0.2, 0) is 4.74 Å². The Bertz CT molecular complexity index is 219. The molecule has 106 valence electrons. The Labute approximate surface area is 112 Å². The van der Waals surface area contributed by atoms with Gasteiger partial charge in [0.15, 0.2) is 0 Å². The van der Waals surface area contributed by atoms with Crippen LogP contribution >= 0.6 is 0 Å². The van der Waals surface area contributed by atoms with Crippen molar-refractivity contribution in [3.05, 3.63) is 0 Å². The molecule has 1 saturated heterocycles. The van der Waals surface area contributed by atoms with E-state index >= 15 is 0 Å². The predicted molar refractivity (Wildman–Crippen MR) is 75.9 cm³/mol. The molecule has 2 fully saturated rings. The number of hydrogen-bond acceptors (Lipinski definition) is 3. The van der Waals surface area contributed by atoms with Crippen molar-refractivity contribution in [3.8, 4) is 0 Å². The molecular formula is C15H30N2O. The van der Waals surface area contributed by atoms with E-state index in [0.29, 0.717) is 0 Å². The van der Waals surface area contributed by atoms with Gasteiger partial charge < -0.3 is 15.0 Å². The number of rotatable bonds is 8. The second-order valence-corrected chi connectivity index (χ2v) is 5.94. The van der Waals surface area contributed by atoms with Crippen molar-refractivity contribution < 1.29 is 4.74 Å². The van der Waals surface area contributed by atoms with Crippen LogP contribution in [0.1, 0.15) is 45.4 Å². The van der Waals surface area contributed by atoms with Crippen LogP contribution < -0.4 is 5.32 Å². The van der Waals surface area contributed by atoms with Crippen LogP contribution in [0.5, 0.6) is 0 Å². The van der Waals surface area contributed by atoms with Crippen molar-refractivity contribution in [2.75, 3.05) is 39.4 Å². The first-order valence-corrected chi connectivity index (χ1v) is 7.92. The average molecular weight is 254 g/mol. The largest absolute Gasteiger partial charge is 0.380 e. The maximum atomic E-state index is 5.67. The van der Waals surface area contributed by atoms with Crippen LogP contribution in [0.25, 0.3) is 0 Å². The lowest BCUT2D eigenvalue weighted by Crippen LogP contribution is -2.33. The van der Waals surface area contributed by atoms with Gasteiger partial charge in [0.25, 0.3) is 0 Å². The van der Waals surface area contributed by atoms with Crippen LogP contribution in [-0.4, -0.2) is 50.3 Å². The molecule has 1 saturated carbocycles. The molecule has 3 nitrogen and oxygen atoms in total. The van der Waals surface area contributed by atoms with E-state index in [4.69, 9.17) is 4.74 Å². The van der Waals surface area contributed by atoms with E-state index < -0.39 is 0 Å². The fraction of sp³-hybridized carbons (Fsp3) is 1.00. The third-order valence-electron chi connectivity index (χ3n) is 4.09. The molecule has 3 heteroatoms. The molecule has 1 unspecified atom stereocenters. The Balaban J connectivity index is 1.49. The summed E-state index contributed by atoms with van der Waals surface area (Å²) in [7, 11) is 0. The summed E-state index contributed by atoms with van der Waals surface area (Å²) < 4.78 is 5.67. The van der Waals surface area contributed by atoms with Gasteiger partial charge in [0.2, 0.25) is 0 Å². The normalized spacial score (nSPS) is 26.2. The van der Waals surface area contributed by atoms with Gasteiger partial charge in [0.1, 0.15) is 0 Å². The molecule has 1 atom stereocenters. The van der Waals surface area contributed by atoms with E-state index in [2.05, 4.69) is 17.1 Å². The van der Waals surface area contributed by atoms with Crippen molar-refractivity contribution in [1.82, 2.24) is 10.2 Å². The van der Waals surface area contributed by atoms with Crippen molar-refractivity contribution in [2.45, 2.75) is 51.5 Å². The molecule has 0 aromatic carbocycles. The standard InChI is InChI=1S/C15H30N2O/c1-2-9-17-10-3-4-15(7-11-17)16-8-12-18-13-14-5-6-14/h14-16H,2-13H2,1H3. The smallest absolute Gasteiger partial charge is 0.0591 e. The number of ether oxygens (including phenoxy) is 1. The average Bonchev–Trinajstić information content (AvgIpc) is 3.18. The summed E-state index contributed by atoms with van der Waals surface area (Å²) in [4.78, 5) is 2.62. The molecule has 1 aliphatic heterocycles. The highest BCUT2D eigenvalue weighted by Crippen LogP contribution is 2.28. The van der Waals surface area contributed by atoms with Gasteiger partial charge in [-0.2, -0.15) is 0 Å². The first kappa shape index (κ1) is 14.3. The Morgan fingerprint density at radius 3 is 2.83 bits per heavy atom. The molecular weight excluding hydrogens is 224 g/mol. The first-order chi connectivity index (χ1) is 8.88. The third-order valence-corrected chi connectivity index (χ3v) is 4.09. The van der Waals surface area contributed by atoms with Gasteiger partial charge in [-0.05, 0) is 64.1 Å². The lowest BCUT2D eigenvalue weighted by molar-refractivity contribution is 0.123. The third kappa shape index (κ3) is 5.68. The van der Waals surface area contributed by atoms with E-state index in [-0.39, 0.29) is 0 Å². The summed E-state index contributed by atoms with van der Waals surface area (Å²) in [6, 6.07) is 0.719. The van der Waals surface area contributed by atoms with Crippen LogP contribution in [0.3, 0.4) is 0 Å². The SMILES string of the molecule is CCCN1CCCC(NCCOCC2CC2)CC1. The molecule has 18 heavy (non-hydrogen) atoms. The lowest BCUT2D eigenvalue weighted by atomic mass is 10.1. The number of nitrogens with zero attached hydrogens (tertiary/aromatic N) is 1. The molecule has 1 N–H and O–H groups in total. The van der Waals surface area contributed by atoms with Gasteiger partial charge in [-0.25, -0.2) is 0 Å². The number of nitrogens with one attached hydrogen (secondary N) is 1. The molecule has 0 aromatic rings. The summed E-state index contributed by atoms with van der Waals surface area (Å²) in [5.41, 5.74) is 0.